The van der Waals surface area contributed by atoms with E-state index >= 15 is 0 Å². The maximum absolute atomic E-state index is 12.9. The van der Waals surface area contributed by atoms with Crippen LogP contribution in [0.4, 0.5) is 0 Å². The lowest BCUT2D eigenvalue weighted by Crippen LogP contribution is -2.41. The number of ether oxygens (including phenoxy) is 1. The largest absolute Gasteiger partial charge is 0.379 e. The summed E-state index contributed by atoms with van der Waals surface area (Å²) in [5.41, 5.74) is 0.212. The fourth-order valence-electron chi connectivity index (χ4n) is 3.08. The first kappa shape index (κ1) is 20.9. The van der Waals surface area contributed by atoms with Gasteiger partial charge in [0.1, 0.15) is 0 Å². The van der Waals surface area contributed by atoms with Crippen LogP contribution < -0.4 is 5.32 Å². The van der Waals surface area contributed by atoms with Crippen molar-refractivity contribution in [1.82, 2.24) is 9.62 Å². The number of rotatable bonds is 9. The molecule has 1 aliphatic heterocycles. The standard InChI is InChI=1S/C19H30N2O4S/c1-3-5-8-16(4-2)15-20-19(22)17-9-6-7-10-18(17)26(23,24)21-11-13-25-14-12-21/h6-7,9-10,16H,3-5,8,11-15H2,1-2H3,(H,20,22). The lowest BCUT2D eigenvalue weighted by molar-refractivity contribution is 0.0729. The van der Waals surface area contributed by atoms with Gasteiger partial charge in [0.25, 0.3) is 5.91 Å². The van der Waals surface area contributed by atoms with Crippen LogP contribution in [0.1, 0.15) is 49.9 Å². The maximum Gasteiger partial charge on any atom is 0.252 e. The highest BCUT2D eigenvalue weighted by atomic mass is 32.2. The highest BCUT2D eigenvalue weighted by Gasteiger charge is 2.30. The van der Waals surface area contributed by atoms with Gasteiger partial charge in [0.2, 0.25) is 10.0 Å². The topological polar surface area (TPSA) is 75.7 Å². The van der Waals surface area contributed by atoms with Crippen LogP contribution in [0, 0.1) is 5.92 Å². The van der Waals surface area contributed by atoms with E-state index in [1.807, 2.05) is 0 Å². The SMILES string of the molecule is CCCCC(CC)CNC(=O)c1ccccc1S(=O)(=O)N1CCOCC1. The second kappa shape index (κ2) is 10.0. The monoisotopic (exact) mass is 382 g/mol. The molecule has 1 saturated heterocycles. The quantitative estimate of drug-likeness (QED) is 0.712. The van der Waals surface area contributed by atoms with Gasteiger partial charge in [-0.05, 0) is 24.5 Å². The minimum absolute atomic E-state index is 0.0704. The van der Waals surface area contributed by atoms with Gasteiger partial charge in [0, 0.05) is 19.6 Å². The van der Waals surface area contributed by atoms with Crippen LogP contribution in [0.25, 0.3) is 0 Å². The van der Waals surface area contributed by atoms with Gasteiger partial charge in [-0.25, -0.2) is 8.42 Å². The van der Waals surface area contributed by atoms with Gasteiger partial charge in [-0.3, -0.25) is 4.79 Å². The zero-order valence-corrected chi connectivity index (χ0v) is 16.6. The summed E-state index contributed by atoms with van der Waals surface area (Å²) < 4.78 is 32.5. The molecule has 0 bridgehead atoms. The smallest absolute Gasteiger partial charge is 0.252 e. The highest BCUT2D eigenvalue weighted by molar-refractivity contribution is 7.89. The lowest BCUT2D eigenvalue weighted by atomic mass is 9.99. The summed E-state index contributed by atoms with van der Waals surface area (Å²) in [5, 5.41) is 2.93. The van der Waals surface area contributed by atoms with Crippen LogP contribution in [-0.2, 0) is 14.8 Å². The maximum atomic E-state index is 12.9. The van der Waals surface area contributed by atoms with E-state index < -0.39 is 10.0 Å². The number of carbonyl (C=O) groups excluding carboxylic acids is 1. The summed E-state index contributed by atoms with van der Waals surface area (Å²) in [6.07, 6.45) is 4.33. The molecular weight excluding hydrogens is 352 g/mol. The summed E-state index contributed by atoms with van der Waals surface area (Å²) in [4.78, 5) is 12.7. The molecular formula is C19H30N2O4S. The number of carbonyl (C=O) groups is 1. The van der Waals surface area contributed by atoms with E-state index in [1.54, 1.807) is 18.2 Å². The van der Waals surface area contributed by atoms with Crippen LogP contribution in [0.2, 0.25) is 0 Å². The summed E-state index contributed by atoms with van der Waals surface area (Å²) in [6, 6.07) is 6.44. The van der Waals surface area contributed by atoms with Crippen molar-refractivity contribution >= 4 is 15.9 Å². The molecule has 6 nitrogen and oxygen atoms in total. The third-order valence-corrected chi connectivity index (χ3v) is 6.77. The third kappa shape index (κ3) is 5.28. The zero-order chi connectivity index (χ0) is 19.0. The summed E-state index contributed by atoms with van der Waals surface area (Å²) in [6.45, 7) is 6.22. The Morgan fingerprint density at radius 3 is 2.58 bits per heavy atom. The molecule has 1 heterocycles. The molecule has 1 aromatic rings. The van der Waals surface area contributed by atoms with Crippen molar-refractivity contribution in [3.63, 3.8) is 0 Å². The number of sulfonamides is 1. The number of unbranched alkanes of at least 4 members (excludes halogenated alkanes) is 1. The van der Waals surface area contributed by atoms with Crippen LogP contribution >= 0.6 is 0 Å². The first-order chi connectivity index (χ1) is 12.5. The molecule has 1 fully saturated rings. The van der Waals surface area contributed by atoms with E-state index in [0.717, 1.165) is 25.7 Å². The van der Waals surface area contributed by atoms with Gasteiger partial charge < -0.3 is 10.1 Å². The van der Waals surface area contributed by atoms with Crippen molar-refractivity contribution in [2.45, 2.75) is 44.4 Å². The molecule has 0 saturated carbocycles. The van der Waals surface area contributed by atoms with Gasteiger partial charge >= 0.3 is 0 Å². The predicted octanol–water partition coefficient (Wildman–Crippen LogP) is 2.65. The minimum atomic E-state index is -3.70. The van der Waals surface area contributed by atoms with E-state index in [-0.39, 0.29) is 16.4 Å². The fraction of sp³-hybridized carbons (Fsp3) is 0.632. The van der Waals surface area contributed by atoms with E-state index in [1.165, 1.54) is 10.4 Å². The summed E-state index contributed by atoms with van der Waals surface area (Å²) >= 11 is 0. The van der Waals surface area contributed by atoms with Gasteiger partial charge in [0.15, 0.2) is 0 Å². The molecule has 0 spiro atoms. The molecule has 1 unspecified atom stereocenters. The Balaban J connectivity index is 2.13. The zero-order valence-electron chi connectivity index (χ0n) is 15.7. The molecule has 7 heteroatoms. The molecule has 0 radical (unpaired) electrons. The van der Waals surface area contributed by atoms with Crippen molar-refractivity contribution in [3.05, 3.63) is 29.8 Å². The lowest BCUT2D eigenvalue weighted by Gasteiger charge is -2.26. The van der Waals surface area contributed by atoms with E-state index in [9.17, 15) is 13.2 Å². The van der Waals surface area contributed by atoms with Crippen molar-refractivity contribution in [2.24, 2.45) is 5.92 Å². The number of nitrogens with zero attached hydrogens (tertiary/aromatic N) is 1. The van der Waals surface area contributed by atoms with Crippen molar-refractivity contribution in [1.29, 1.82) is 0 Å². The third-order valence-electron chi connectivity index (χ3n) is 4.81. The van der Waals surface area contributed by atoms with Crippen LogP contribution in [0.3, 0.4) is 0 Å². The molecule has 0 aliphatic carbocycles. The number of benzene rings is 1. The van der Waals surface area contributed by atoms with E-state index in [0.29, 0.717) is 38.8 Å². The first-order valence-electron chi connectivity index (χ1n) is 9.45. The average Bonchev–Trinajstić information content (AvgIpc) is 2.68. The number of morpholine rings is 1. The Bertz CT molecular complexity index is 685. The molecule has 1 aliphatic rings. The van der Waals surface area contributed by atoms with Crippen molar-refractivity contribution in [3.8, 4) is 0 Å². The van der Waals surface area contributed by atoms with Gasteiger partial charge in [0.05, 0.1) is 23.7 Å². The molecule has 1 aromatic carbocycles. The number of nitrogens with one attached hydrogen (secondary N) is 1. The van der Waals surface area contributed by atoms with Crippen molar-refractivity contribution < 1.29 is 17.9 Å². The number of amides is 1. The van der Waals surface area contributed by atoms with Crippen LogP contribution in [-0.4, -0.2) is 51.5 Å². The van der Waals surface area contributed by atoms with Gasteiger partial charge in [-0.15, -0.1) is 0 Å². The van der Waals surface area contributed by atoms with E-state index in [2.05, 4.69) is 19.2 Å². The second-order valence-corrected chi connectivity index (χ2v) is 8.55. The normalized spacial score (nSPS) is 17.0. The Hall–Kier alpha value is -1.44. The molecule has 2 rings (SSSR count). The Labute approximate surface area is 157 Å². The van der Waals surface area contributed by atoms with Crippen LogP contribution in [0.5, 0.6) is 0 Å². The average molecular weight is 383 g/mol. The number of hydrogen-bond donors (Lipinski definition) is 1. The molecule has 1 amide bonds. The minimum Gasteiger partial charge on any atom is -0.379 e. The highest BCUT2D eigenvalue weighted by Crippen LogP contribution is 2.21. The van der Waals surface area contributed by atoms with Gasteiger partial charge in [-0.2, -0.15) is 4.31 Å². The summed E-state index contributed by atoms with van der Waals surface area (Å²) in [7, 11) is -3.70. The second-order valence-electron chi connectivity index (χ2n) is 6.64. The molecule has 0 aromatic heterocycles. The van der Waals surface area contributed by atoms with Crippen molar-refractivity contribution in [2.75, 3.05) is 32.8 Å². The Morgan fingerprint density at radius 1 is 1.23 bits per heavy atom. The first-order valence-corrected chi connectivity index (χ1v) is 10.9. The van der Waals surface area contributed by atoms with E-state index in [4.69, 9.17) is 4.74 Å². The molecule has 26 heavy (non-hydrogen) atoms. The van der Waals surface area contributed by atoms with Gasteiger partial charge in [-0.1, -0.05) is 45.2 Å². The number of hydrogen-bond acceptors (Lipinski definition) is 4. The molecule has 1 atom stereocenters. The Kier molecular flexibility index (Phi) is 8.06. The summed E-state index contributed by atoms with van der Waals surface area (Å²) in [5.74, 6) is 0.0919. The Morgan fingerprint density at radius 2 is 1.92 bits per heavy atom. The fourth-order valence-corrected chi connectivity index (χ4v) is 4.68. The molecule has 1 N–H and O–H groups in total. The van der Waals surface area contributed by atoms with Crippen LogP contribution in [0.15, 0.2) is 29.2 Å². The predicted molar refractivity (Wildman–Crippen MR) is 102 cm³/mol. The molecule has 146 valence electrons.